The first-order valence-corrected chi connectivity index (χ1v) is 11.8. The van der Waals surface area contributed by atoms with Gasteiger partial charge < -0.3 is 5.32 Å². The second-order valence-electron chi connectivity index (χ2n) is 7.66. The lowest BCUT2D eigenvalue weighted by atomic mass is 9.98. The van der Waals surface area contributed by atoms with Crippen LogP contribution in [0.15, 0.2) is 46.0 Å². The first-order valence-electron chi connectivity index (χ1n) is 9.48. The predicted octanol–water partition coefficient (Wildman–Crippen LogP) is 3.54. The highest BCUT2D eigenvalue weighted by Crippen LogP contribution is 2.21. The summed E-state index contributed by atoms with van der Waals surface area (Å²) in [6.45, 7) is 7.02. The number of hydrogen-bond acceptors (Lipinski definition) is 5. The van der Waals surface area contributed by atoms with Crippen LogP contribution in [0.3, 0.4) is 0 Å². The number of thiophene rings is 1. The van der Waals surface area contributed by atoms with E-state index in [4.69, 9.17) is 0 Å². The van der Waals surface area contributed by atoms with Gasteiger partial charge in [0, 0.05) is 23.3 Å². The zero-order valence-corrected chi connectivity index (χ0v) is 17.9. The van der Waals surface area contributed by atoms with Crippen molar-refractivity contribution >= 4 is 33.0 Å². The predicted molar refractivity (Wildman–Crippen MR) is 113 cm³/mol. The van der Waals surface area contributed by atoms with Crippen LogP contribution in [-0.4, -0.2) is 44.4 Å². The number of hydrogen-bond donors (Lipinski definition) is 2. The van der Waals surface area contributed by atoms with Gasteiger partial charge in [-0.15, -0.1) is 11.3 Å². The summed E-state index contributed by atoms with van der Waals surface area (Å²) in [5.74, 6) is -0.155. The van der Waals surface area contributed by atoms with E-state index in [0.29, 0.717) is 17.8 Å². The van der Waals surface area contributed by atoms with Gasteiger partial charge in [0.15, 0.2) is 0 Å². The number of sulfonamides is 1. The summed E-state index contributed by atoms with van der Waals surface area (Å²) in [7, 11) is -3.58. The minimum absolute atomic E-state index is 0.0909. The van der Waals surface area contributed by atoms with Crippen molar-refractivity contribution in [2.24, 2.45) is 0 Å². The second-order valence-corrected chi connectivity index (χ2v) is 10.5. The van der Waals surface area contributed by atoms with Gasteiger partial charge >= 0.3 is 0 Å². The highest BCUT2D eigenvalue weighted by molar-refractivity contribution is 7.94. The summed E-state index contributed by atoms with van der Waals surface area (Å²) in [5, 5.41) is 4.72. The van der Waals surface area contributed by atoms with Crippen molar-refractivity contribution in [3.8, 4) is 0 Å². The number of piperidine rings is 1. The molecule has 0 atom stereocenters. The number of carbonyl (C=O) groups is 1. The molecule has 8 heteroatoms. The quantitative estimate of drug-likeness (QED) is 0.717. The molecule has 1 aromatic heterocycles. The molecule has 0 radical (unpaired) electrons. The molecule has 1 aromatic carbocycles. The molecule has 3 rings (SSSR count). The van der Waals surface area contributed by atoms with Crippen molar-refractivity contribution < 1.29 is 13.2 Å². The van der Waals surface area contributed by atoms with Crippen molar-refractivity contribution in [1.82, 2.24) is 10.2 Å². The van der Waals surface area contributed by atoms with Gasteiger partial charge in [-0.05, 0) is 75.5 Å². The van der Waals surface area contributed by atoms with E-state index in [9.17, 15) is 13.2 Å². The Balaban J connectivity index is 1.58. The van der Waals surface area contributed by atoms with Crippen molar-refractivity contribution in [3.05, 3.63) is 47.3 Å². The number of benzene rings is 1. The summed E-state index contributed by atoms with van der Waals surface area (Å²) in [5.41, 5.74) is 0.846. The molecule has 0 spiro atoms. The number of carbonyl (C=O) groups excluding carboxylic acids is 1. The van der Waals surface area contributed by atoms with Gasteiger partial charge in [0.1, 0.15) is 4.21 Å². The molecule has 1 amide bonds. The lowest BCUT2D eigenvalue weighted by Gasteiger charge is -2.41. The number of likely N-dealkylation sites (tertiary alicyclic amines) is 1. The lowest BCUT2D eigenvalue weighted by Crippen LogP contribution is -2.53. The Morgan fingerprint density at radius 2 is 1.79 bits per heavy atom. The molecule has 1 saturated heterocycles. The van der Waals surface area contributed by atoms with Crippen LogP contribution < -0.4 is 10.0 Å². The zero-order chi connectivity index (χ0) is 20.2. The third-order valence-electron chi connectivity index (χ3n) is 5.05. The Bertz CT molecular complexity index is 885. The fourth-order valence-electron chi connectivity index (χ4n) is 3.32. The summed E-state index contributed by atoms with van der Waals surface area (Å²) in [4.78, 5) is 14.9. The maximum absolute atomic E-state index is 12.5. The van der Waals surface area contributed by atoms with Gasteiger partial charge in [-0.25, -0.2) is 8.42 Å². The van der Waals surface area contributed by atoms with Gasteiger partial charge in [0.25, 0.3) is 15.9 Å². The molecule has 2 aromatic rings. The molecule has 1 aliphatic rings. The van der Waals surface area contributed by atoms with Crippen LogP contribution >= 0.6 is 11.3 Å². The van der Waals surface area contributed by atoms with E-state index in [2.05, 4.69) is 28.8 Å². The Labute approximate surface area is 171 Å². The van der Waals surface area contributed by atoms with Crippen molar-refractivity contribution in [2.45, 2.75) is 42.9 Å². The molecule has 6 nitrogen and oxygen atoms in total. The van der Waals surface area contributed by atoms with Crippen LogP contribution in [0.1, 0.15) is 43.5 Å². The SMILES string of the molecule is CC(C)(CNC(=O)c1ccc(NS(=O)(=O)c2cccs2)cc1)N1CCCCC1. The fourth-order valence-corrected chi connectivity index (χ4v) is 5.37. The van der Waals surface area contributed by atoms with Crippen LogP contribution in [0.5, 0.6) is 0 Å². The number of nitrogens with one attached hydrogen (secondary N) is 2. The first-order chi connectivity index (χ1) is 13.3. The number of anilines is 1. The number of rotatable bonds is 7. The molecule has 28 heavy (non-hydrogen) atoms. The molecule has 0 saturated carbocycles. The smallest absolute Gasteiger partial charge is 0.271 e. The molecular weight excluding hydrogens is 394 g/mol. The van der Waals surface area contributed by atoms with Crippen LogP contribution in [0.2, 0.25) is 0 Å². The maximum Gasteiger partial charge on any atom is 0.271 e. The van der Waals surface area contributed by atoms with Gasteiger partial charge in [-0.3, -0.25) is 14.4 Å². The number of nitrogens with zero attached hydrogens (tertiary/aromatic N) is 1. The lowest BCUT2D eigenvalue weighted by molar-refractivity contribution is 0.0797. The van der Waals surface area contributed by atoms with Crippen molar-refractivity contribution in [1.29, 1.82) is 0 Å². The topological polar surface area (TPSA) is 78.5 Å². The van der Waals surface area contributed by atoms with E-state index >= 15 is 0 Å². The van der Waals surface area contributed by atoms with Crippen molar-refractivity contribution in [3.63, 3.8) is 0 Å². The zero-order valence-electron chi connectivity index (χ0n) is 16.3. The Morgan fingerprint density at radius 1 is 1.11 bits per heavy atom. The van der Waals surface area contributed by atoms with Crippen molar-refractivity contribution in [2.75, 3.05) is 24.4 Å². The molecule has 2 heterocycles. The van der Waals surface area contributed by atoms with Crippen LogP contribution in [-0.2, 0) is 10.0 Å². The Kier molecular flexibility index (Phi) is 6.42. The van der Waals surface area contributed by atoms with Crippen LogP contribution in [0, 0.1) is 0 Å². The minimum atomic E-state index is -3.58. The molecule has 152 valence electrons. The molecule has 0 unspecified atom stereocenters. The van der Waals surface area contributed by atoms with Gasteiger partial charge in [-0.2, -0.15) is 0 Å². The molecule has 1 fully saturated rings. The third kappa shape index (κ3) is 5.12. The standard InChI is InChI=1S/C20H27N3O3S2/c1-20(2,23-12-4-3-5-13-23)15-21-19(24)16-8-10-17(11-9-16)22-28(25,26)18-7-6-14-27-18/h6-11,14,22H,3-5,12-13,15H2,1-2H3,(H,21,24). The largest absolute Gasteiger partial charge is 0.350 e. The van der Waals surface area contributed by atoms with Gasteiger partial charge in [-0.1, -0.05) is 12.5 Å². The normalized spacial score (nSPS) is 15.9. The van der Waals surface area contributed by atoms with E-state index < -0.39 is 10.0 Å². The van der Waals surface area contributed by atoms with Crippen LogP contribution in [0.25, 0.3) is 0 Å². The molecule has 1 aliphatic heterocycles. The van der Waals surface area contributed by atoms with E-state index in [0.717, 1.165) is 24.4 Å². The summed E-state index contributed by atoms with van der Waals surface area (Å²) in [6, 6.07) is 9.73. The Hall–Kier alpha value is -1.90. The van der Waals surface area contributed by atoms with Gasteiger partial charge in [0.2, 0.25) is 0 Å². The molecule has 2 N–H and O–H groups in total. The highest BCUT2D eigenvalue weighted by Gasteiger charge is 2.28. The third-order valence-corrected chi connectivity index (χ3v) is 7.83. The highest BCUT2D eigenvalue weighted by atomic mass is 32.2. The van der Waals surface area contributed by atoms with Crippen LogP contribution in [0.4, 0.5) is 5.69 Å². The summed E-state index contributed by atoms with van der Waals surface area (Å²) < 4.78 is 27.3. The summed E-state index contributed by atoms with van der Waals surface area (Å²) in [6.07, 6.45) is 3.70. The van der Waals surface area contributed by atoms with E-state index in [1.54, 1.807) is 41.8 Å². The minimum Gasteiger partial charge on any atom is -0.350 e. The molecule has 0 aliphatic carbocycles. The average Bonchev–Trinajstić information content (AvgIpc) is 3.23. The molecular formula is C20H27N3O3S2. The second kappa shape index (κ2) is 8.63. The van der Waals surface area contributed by atoms with E-state index in [1.165, 1.54) is 19.3 Å². The average molecular weight is 422 g/mol. The Morgan fingerprint density at radius 3 is 2.39 bits per heavy atom. The summed E-state index contributed by atoms with van der Waals surface area (Å²) >= 11 is 1.16. The van der Waals surface area contributed by atoms with E-state index in [-0.39, 0.29) is 15.7 Å². The number of amides is 1. The first kappa shape index (κ1) is 20.8. The fraction of sp³-hybridized carbons (Fsp3) is 0.450. The molecule has 0 bridgehead atoms. The van der Waals surface area contributed by atoms with E-state index in [1.807, 2.05) is 0 Å². The maximum atomic E-state index is 12.5. The van der Waals surface area contributed by atoms with Gasteiger partial charge in [0.05, 0.1) is 0 Å². The monoisotopic (exact) mass is 421 g/mol.